The van der Waals surface area contributed by atoms with Crippen LogP contribution >= 0.6 is 0 Å². The van der Waals surface area contributed by atoms with Crippen molar-refractivity contribution in [2.45, 2.75) is 38.6 Å². The fourth-order valence-corrected chi connectivity index (χ4v) is 3.06. The third-order valence-electron chi connectivity index (χ3n) is 4.25. The molecule has 0 aliphatic carbocycles. The highest BCUT2D eigenvalue weighted by Gasteiger charge is 2.31. The second-order valence-corrected chi connectivity index (χ2v) is 5.72. The van der Waals surface area contributed by atoms with E-state index < -0.39 is 0 Å². The molecule has 116 valence electrons. The molecular formula is C17H21N3O2. The van der Waals surface area contributed by atoms with E-state index in [1.54, 1.807) is 4.90 Å². The fraction of sp³-hybridized carbons (Fsp3) is 0.412. The maximum absolute atomic E-state index is 12.6. The van der Waals surface area contributed by atoms with Gasteiger partial charge in [-0.15, -0.1) is 0 Å². The van der Waals surface area contributed by atoms with Crippen molar-refractivity contribution >= 4 is 28.4 Å². The van der Waals surface area contributed by atoms with Gasteiger partial charge in [0, 0.05) is 30.4 Å². The van der Waals surface area contributed by atoms with Crippen LogP contribution in [0.15, 0.2) is 30.5 Å². The molecule has 1 saturated heterocycles. The number of carbonyl (C=O) groups is 2. The second kappa shape index (κ2) is 6.22. The molecule has 2 N–H and O–H groups in total. The third-order valence-corrected chi connectivity index (χ3v) is 4.25. The summed E-state index contributed by atoms with van der Waals surface area (Å²) in [7, 11) is 0. The van der Waals surface area contributed by atoms with Crippen molar-refractivity contribution in [2.75, 3.05) is 11.9 Å². The van der Waals surface area contributed by atoms with E-state index in [2.05, 4.69) is 10.3 Å². The quantitative estimate of drug-likeness (QED) is 0.915. The van der Waals surface area contributed by atoms with Crippen LogP contribution in [0.3, 0.4) is 0 Å². The molecule has 5 heteroatoms. The van der Waals surface area contributed by atoms with E-state index >= 15 is 0 Å². The molecular weight excluding hydrogens is 278 g/mol. The van der Waals surface area contributed by atoms with Crippen LogP contribution in [0.2, 0.25) is 0 Å². The van der Waals surface area contributed by atoms with Gasteiger partial charge in [-0.05, 0) is 42.8 Å². The van der Waals surface area contributed by atoms with E-state index in [9.17, 15) is 9.59 Å². The van der Waals surface area contributed by atoms with Crippen LogP contribution in [-0.2, 0) is 9.59 Å². The highest BCUT2D eigenvalue weighted by molar-refractivity contribution is 5.98. The Hall–Kier alpha value is -2.30. The smallest absolute Gasteiger partial charge is 0.247 e. The molecule has 1 aliphatic rings. The molecule has 3 rings (SSSR count). The predicted octanol–water partition coefficient (Wildman–Crippen LogP) is 2.90. The Morgan fingerprint density at radius 3 is 3.00 bits per heavy atom. The maximum atomic E-state index is 12.6. The minimum atomic E-state index is -0.347. The van der Waals surface area contributed by atoms with Gasteiger partial charge in [-0.3, -0.25) is 9.59 Å². The van der Waals surface area contributed by atoms with Gasteiger partial charge in [0.25, 0.3) is 0 Å². The summed E-state index contributed by atoms with van der Waals surface area (Å²) in [4.78, 5) is 29.4. The van der Waals surface area contributed by atoms with Gasteiger partial charge in [-0.2, -0.15) is 0 Å². The first kappa shape index (κ1) is 14.6. The van der Waals surface area contributed by atoms with Crippen molar-refractivity contribution in [1.29, 1.82) is 0 Å². The van der Waals surface area contributed by atoms with E-state index in [4.69, 9.17) is 0 Å². The van der Waals surface area contributed by atoms with Crippen molar-refractivity contribution in [3.63, 3.8) is 0 Å². The lowest BCUT2D eigenvalue weighted by molar-refractivity contribution is -0.140. The van der Waals surface area contributed by atoms with E-state index in [1.165, 1.54) is 0 Å². The number of fused-ring (bicyclic) bond motifs is 1. The first-order chi connectivity index (χ1) is 10.7. The van der Waals surface area contributed by atoms with Crippen molar-refractivity contribution in [3.05, 3.63) is 30.5 Å². The number of nitrogens with zero attached hydrogens (tertiary/aromatic N) is 1. The molecule has 1 aromatic carbocycles. The van der Waals surface area contributed by atoms with Gasteiger partial charge < -0.3 is 15.2 Å². The molecule has 2 amide bonds. The first-order valence-corrected chi connectivity index (χ1v) is 7.86. The summed E-state index contributed by atoms with van der Waals surface area (Å²) in [5.41, 5.74) is 1.75. The number of carbonyl (C=O) groups excluding carboxylic acids is 2. The van der Waals surface area contributed by atoms with Gasteiger partial charge >= 0.3 is 0 Å². The Morgan fingerprint density at radius 1 is 1.32 bits per heavy atom. The lowest BCUT2D eigenvalue weighted by Gasteiger charge is -2.34. The summed E-state index contributed by atoms with van der Waals surface area (Å²) in [5.74, 6) is -0.0351. The number of aromatic nitrogens is 1. The van der Waals surface area contributed by atoms with Crippen LogP contribution in [0, 0.1) is 0 Å². The van der Waals surface area contributed by atoms with Gasteiger partial charge in [-0.1, -0.05) is 13.0 Å². The van der Waals surface area contributed by atoms with Crippen molar-refractivity contribution in [3.8, 4) is 0 Å². The van der Waals surface area contributed by atoms with E-state index in [0.717, 1.165) is 35.9 Å². The fourth-order valence-electron chi connectivity index (χ4n) is 3.06. The Morgan fingerprint density at radius 2 is 2.18 bits per heavy atom. The Balaban J connectivity index is 1.75. The zero-order chi connectivity index (χ0) is 15.5. The zero-order valence-corrected chi connectivity index (χ0v) is 12.8. The number of rotatable bonds is 3. The predicted molar refractivity (Wildman–Crippen MR) is 86.6 cm³/mol. The van der Waals surface area contributed by atoms with Crippen molar-refractivity contribution in [1.82, 2.24) is 9.88 Å². The largest absolute Gasteiger partial charge is 0.361 e. The number of H-pyrrole nitrogens is 1. The summed E-state index contributed by atoms with van der Waals surface area (Å²) in [6.07, 6.45) is 5.02. The van der Waals surface area contributed by atoms with Crippen LogP contribution in [-0.4, -0.2) is 34.3 Å². The molecule has 1 atom stereocenters. The molecule has 1 aliphatic heterocycles. The molecule has 0 saturated carbocycles. The van der Waals surface area contributed by atoms with Gasteiger partial charge in [0.15, 0.2) is 0 Å². The average Bonchev–Trinajstić information content (AvgIpc) is 3.01. The Kier molecular flexibility index (Phi) is 4.13. The molecule has 0 spiro atoms. The number of hydrogen-bond acceptors (Lipinski definition) is 2. The van der Waals surface area contributed by atoms with E-state index in [1.807, 2.05) is 37.4 Å². The second-order valence-electron chi connectivity index (χ2n) is 5.72. The molecule has 1 fully saturated rings. The normalized spacial score (nSPS) is 18.4. The van der Waals surface area contributed by atoms with Crippen LogP contribution in [0.1, 0.15) is 32.6 Å². The Labute approximate surface area is 129 Å². The van der Waals surface area contributed by atoms with Gasteiger partial charge in [0.2, 0.25) is 11.8 Å². The highest BCUT2D eigenvalue weighted by Crippen LogP contribution is 2.22. The van der Waals surface area contributed by atoms with Crippen LogP contribution < -0.4 is 5.32 Å². The summed E-state index contributed by atoms with van der Waals surface area (Å²) in [5, 5.41) is 4.06. The molecule has 2 aromatic rings. The summed E-state index contributed by atoms with van der Waals surface area (Å²) < 4.78 is 0. The lowest BCUT2D eigenvalue weighted by Crippen LogP contribution is -2.49. The lowest BCUT2D eigenvalue weighted by atomic mass is 10.0. The van der Waals surface area contributed by atoms with Crippen LogP contribution in [0.5, 0.6) is 0 Å². The molecule has 0 unspecified atom stereocenters. The van der Waals surface area contributed by atoms with Crippen molar-refractivity contribution < 1.29 is 9.59 Å². The van der Waals surface area contributed by atoms with Crippen LogP contribution in [0.25, 0.3) is 10.9 Å². The number of amides is 2. The summed E-state index contributed by atoms with van der Waals surface area (Å²) in [6.45, 7) is 2.52. The standard InChI is InChI=1S/C17H21N3O2/c1-2-16(21)20-10-4-3-5-15(20)17(22)19-13-7-6-12-8-9-18-14(12)11-13/h6-9,11,15,18H,2-5,10H2,1H3,(H,19,22)/t15-/m0/s1. The molecule has 22 heavy (non-hydrogen) atoms. The number of likely N-dealkylation sites (tertiary alicyclic amines) is 1. The van der Waals surface area contributed by atoms with Gasteiger partial charge in [0.1, 0.15) is 6.04 Å². The SMILES string of the molecule is CCC(=O)N1CCCC[C@H]1C(=O)Nc1ccc2cc[nH]c2c1. The molecule has 0 bridgehead atoms. The topological polar surface area (TPSA) is 65.2 Å². The van der Waals surface area contributed by atoms with Crippen molar-refractivity contribution in [2.24, 2.45) is 0 Å². The number of hydrogen-bond donors (Lipinski definition) is 2. The summed E-state index contributed by atoms with van der Waals surface area (Å²) >= 11 is 0. The van der Waals surface area contributed by atoms with Crippen LogP contribution in [0.4, 0.5) is 5.69 Å². The molecule has 1 aromatic heterocycles. The van der Waals surface area contributed by atoms with Gasteiger partial charge in [-0.25, -0.2) is 0 Å². The number of piperidine rings is 1. The monoisotopic (exact) mass is 299 g/mol. The summed E-state index contributed by atoms with van der Waals surface area (Å²) in [6, 6.07) is 7.42. The number of nitrogens with one attached hydrogen (secondary N) is 2. The van der Waals surface area contributed by atoms with E-state index in [-0.39, 0.29) is 17.9 Å². The minimum absolute atomic E-state index is 0.0553. The molecule has 5 nitrogen and oxygen atoms in total. The number of anilines is 1. The van der Waals surface area contributed by atoms with Gasteiger partial charge in [0.05, 0.1) is 0 Å². The molecule has 2 heterocycles. The van der Waals surface area contributed by atoms with E-state index in [0.29, 0.717) is 13.0 Å². The average molecular weight is 299 g/mol. The number of aromatic amines is 1. The Bertz CT molecular complexity index is 692. The molecule has 0 radical (unpaired) electrons. The number of benzene rings is 1. The zero-order valence-electron chi connectivity index (χ0n) is 12.8. The highest BCUT2D eigenvalue weighted by atomic mass is 16.2. The first-order valence-electron chi connectivity index (χ1n) is 7.86. The third kappa shape index (κ3) is 2.84. The minimum Gasteiger partial charge on any atom is -0.361 e. The maximum Gasteiger partial charge on any atom is 0.247 e.